The molecule has 0 radical (unpaired) electrons. The maximum Gasteiger partial charge on any atom is 0.0746 e. The molecular formula is C16H21N3. The van der Waals surface area contributed by atoms with Crippen LogP contribution in [-0.2, 0) is 6.54 Å². The molecule has 100 valence electrons. The minimum Gasteiger partial charge on any atom is -0.313 e. The Hall–Kier alpha value is -1.45. The first-order chi connectivity index (χ1) is 9.33. The molecule has 0 bridgehead atoms. The number of pyridine rings is 1. The van der Waals surface area contributed by atoms with E-state index in [2.05, 4.69) is 46.4 Å². The van der Waals surface area contributed by atoms with Crippen molar-refractivity contribution in [2.45, 2.75) is 25.9 Å². The number of hydrogen-bond acceptors (Lipinski definition) is 3. The Bertz CT molecular complexity index is 547. The van der Waals surface area contributed by atoms with Crippen LogP contribution < -0.4 is 5.32 Å². The second-order valence-electron chi connectivity index (χ2n) is 5.44. The summed E-state index contributed by atoms with van der Waals surface area (Å²) in [6, 6.07) is 11.2. The van der Waals surface area contributed by atoms with Gasteiger partial charge in [-0.3, -0.25) is 9.88 Å². The van der Waals surface area contributed by atoms with Gasteiger partial charge in [0.2, 0.25) is 0 Å². The van der Waals surface area contributed by atoms with Gasteiger partial charge in [-0.15, -0.1) is 0 Å². The molecule has 0 amide bonds. The summed E-state index contributed by atoms with van der Waals surface area (Å²) in [6.45, 7) is 6.68. The summed E-state index contributed by atoms with van der Waals surface area (Å²) in [5, 5.41) is 4.78. The van der Waals surface area contributed by atoms with Gasteiger partial charge in [-0.2, -0.15) is 0 Å². The summed E-state index contributed by atoms with van der Waals surface area (Å²) in [7, 11) is 0. The molecule has 2 aromatic rings. The van der Waals surface area contributed by atoms with Crippen LogP contribution in [0.5, 0.6) is 0 Å². The monoisotopic (exact) mass is 255 g/mol. The molecule has 1 atom stereocenters. The summed E-state index contributed by atoms with van der Waals surface area (Å²) >= 11 is 0. The van der Waals surface area contributed by atoms with E-state index in [-0.39, 0.29) is 0 Å². The predicted molar refractivity (Wildman–Crippen MR) is 79.1 cm³/mol. The van der Waals surface area contributed by atoms with Crippen molar-refractivity contribution in [1.29, 1.82) is 0 Å². The Morgan fingerprint density at radius 2 is 2.21 bits per heavy atom. The Morgan fingerprint density at radius 1 is 1.32 bits per heavy atom. The molecule has 1 aromatic carbocycles. The van der Waals surface area contributed by atoms with Crippen LogP contribution >= 0.6 is 0 Å². The summed E-state index contributed by atoms with van der Waals surface area (Å²) < 4.78 is 0. The molecule has 1 aliphatic heterocycles. The van der Waals surface area contributed by atoms with Crippen molar-refractivity contribution in [2.75, 3.05) is 19.6 Å². The van der Waals surface area contributed by atoms with Crippen molar-refractivity contribution in [2.24, 2.45) is 0 Å². The second kappa shape index (κ2) is 5.68. The van der Waals surface area contributed by atoms with E-state index in [0.717, 1.165) is 25.2 Å². The Morgan fingerprint density at radius 3 is 3.16 bits per heavy atom. The number of para-hydroxylation sites is 1. The number of aromatic nitrogens is 1. The van der Waals surface area contributed by atoms with E-state index < -0.39 is 0 Å². The average Bonchev–Trinajstić information content (AvgIpc) is 2.63. The van der Waals surface area contributed by atoms with Gasteiger partial charge in [0, 0.05) is 30.7 Å². The minimum absolute atomic E-state index is 0.574. The van der Waals surface area contributed by atoms with Crippen molar-refractivity contribution < 1.29 is 0 Å². The molecule has 1 aromatic heterocycles. The standard InChI is InChI=1S/C16H21N3/c1-13-11-19(10-4-9-17-13)12-15-6-2-5-14-7-3-8-18-16(14)15/h2-3,5-8,13,17H,4,9-12H2,1H3. The molecule has 3 heteroatoms. The molecule has 0 spiro atoms. The highest BCUT2D eigenvalue weighted by Crippen LogP contribution is 2.18. The zero-order chi connectivity index (χ0) is 13.1. The lowest BCUT2D eigenvalue weighted by molar-refractivity contribution is 0.265. The van der Waals surface area contributed by atoms with Crippen LogP contribution in [0.4, 0.5) is 0 Å². The third-order valence-electron chi connectivity index (χ3n) is 3.79. The number of hydrogen-bond donors (Lipinski definition) is 1. The molecule has 0 saturated carbocycles. The fourth-order valence-corrected chi connectivity index (χ4v) is 2.87. The number of rotatable bonds is 2. The zero-order valence-electron chi connectivity index (χ0n) is 11.5. The first-order valence-corrected chi connectivity index (χ1v) is 7.11. The van der Waals surface area contributed by atoms with Crippen LogP contribution in [0.3, 0.4) is 0 Å². The number of nitrogens with zero attached hydrogens (tertiary/aromatic N) is 2. The van der Waals surface area contributed by atoms with E-state index in [0.29, 0.717) is 6.04 Å². The minimum atomic E-state index is 0.574. The highest BCUT2D eigenvalue weighted by Gasteiger charge is 2.15. The lowest BCUT2D eigenvalue weighted by Gasteiger charge is -2.22. The third-order valence-corrected chi connectivity index (χ3v) is 3.79. The van der Waals surface area contributed by atoms with Crippen LogP contribution in [-0.4, -0.2) is 35.6 Å². The van der Waals surface area contributed by atoms with Crippen molar-refractivity contribution in [3.05, 3.63) is 42.1 Å². The zero-order valence-corrected chi connectivity index (χ0v) is 11.5. The predicted octanol–water partition coefficient (Wildman–Crippen LogP) is 2.42. The first kappa shape index (κ1) is 12.6. The van der Waals surface area contributed by atoms with Gasteiger partial charge in [-0.05, 0) is 38.1 Å². The average molecular weight is 255 g/mol. The topological polar surface area (TPSA) is 28.2 Å². The summed E-state index contributed by atoms with van der Waals surface area (Å²) in [6.07, 6.45) is 3.11. The van der Waals surface area contributed by atoms with E-state index in [1.165, 1.54) is 23.9 Å². The van der Waals surface area contributed by atoms with Crippen LogP contribution in [0.15, 0.2) is 36.5 Å². The summed E-state index contributed by atoms with van der Waals surface area (Å²) in [5.41, 5.74) is 2.49. The van der Waals surface area contributed by atoms with Gasteiger partial charge >= 0.3 is 0 Å². The van der Waals surface area contributed by atoms with Crippen molar-refractivity contribution in [3.8, 4) is 0 Å². The molecule has 2 heterocycles. The molecule has 0 aliphatic carbocycles. The molecule has 1 N–H and O–H groups in total. The van der Waals surface area contributed by atoms with E-state index in [9.17, 15) is 0 Å². The molecule has 3 nitrogen and oxygen atoms in total. The van der Waals surface area contributed by atoms with E-state index in [1.54, 1.807) is 0 Å². The highest BCUT2D eigenvalue weighted by atomic mass is 15.2. The maximum atomic E-state index is 4.55. The number of benzene rings is 1. The molecule has 1 aliphatic rings. The maximum absolute atomic E-state index is 4.55. The molecule has 1 saturated heterocycles. The Labute approximate surface area is 114 Å². The Kier molecular flexibility index (Phi) is 3.76. The van der Waals surface area contributed by atoms with Crippen molar-refractivity contribution in [1.82, 2.24) is 15.2 Å². The van der Waals surface area contributed by atoms with Crippen LogP contribution in [0, 0.1) is 0 Å². The van der Waals surface area contributed by atoms with Crippen LogP contribution in [0.1, 0.15) is 18.9 Å². The molecule has 1 unspecified atom stereocenters. The van der Waals surface area contributed by atoms with Gasteiger partial charge < -0.3 is 5.32 Å². The summed E-state index contributed by atoms with van der Waals surface area (Å²) in [5.74, 6) is 0. The van der Waals surface area contributed by atoms with Crippen LogP contribution in [0.25, 0.3) is 10.9 Å². The summed E-state index contributed by atoms with van der Waals surface area (Å²) in [4.78, 5) is 7.08. The van der Waals surface area contributed by atoms with E-state index >= 15 is 0 Å². The van der Waals surface area contributed by atoms with Gasteiger partial charge in [0.15, 0.2) is 0 Å². The van der Waals surface area contributed by atoms with E-state index in [1.807, 2.05) is 12.3 Å². The van der Waals surface area contributed by atoms with Crippen molar-refractivity contribution >= 4 is 10.9 Å². The van der Waals surface area contributed by atoms with Crippen LogP contribution in [0.2, 0.25) is 0 Å². The van der Waals surface area contributed by atoms with E-state index in [4.69, 9.17) is 0 Å². The normalized spacial score (nSPS) is 21.4. The fourth-order valence-electron chi connectivity index (χ4n) is 2.87. The smallest absolute Gasteiger partial charge is 0.0746 e. The Balaban J connectivity index is 1.84. The van der Waals surface area contributed by atoms with Gasteiger partial charge in [0.1, 0.15) is 0 Å². The molecule has 3 rings (SSSR count). The molecule has 1 fully saturated rings. The molecular weight excluding hydrogens is 234 g/mol. The molecule has 19 heavy (non-hydrogen) atoms. The largest absolute Gasteiger partial charge is 0.313 e. The lowest BCUT2D eigenvalue weighted by atomic mass is 10.1. The quantitative estimate of drug-likeness (QED) is 0.893. The number of fused-ring (bicyclic) bond motifs is 1. The first-order valence-electron chi connectivity index (χ1n) is 7.11. The highest BCUT2D eigenvalue weighted by molar-refractivity contribution is 5.81. The van der Waals surface area contributed by atoms with Gasteiger partial charge in [-0.1, -0.05) is 24.3 Å². The van der Waals surface area contributed by atoms with Gasteiger partial charge in [0.25, 0.3) is 0 Å². The van der Waals surface area contributed by atoms with Crippen molar-refractivity contribution in [3.63, 3.8) is 0 Å². The third kappa shape index (κ3) is 2.94. The van der Waals surface area contributed by atoms with Gasteiger partial charge in [0.05, 0.1) is 5.52 Å². The number of nitrogens with one attached hydrogen (secondary N) is 1. The lowest BCUT2D eigenvalue weighted by Crippen LogP contribution is -2.35. The SMILES string of the molecule is CC1CN(Cc2cccc3cccnc23)CCCN1. The fraction of sp³-hybridized carbons (Fsp3) is 0.438. The van der Waals surface area contributed by atoms with Gasteiger partial charge in [-0.25, -0.2) is 0 Å². The second-order valence-corrected chi connectivity index (χ2v) is 5.44.